The molecular weight excluding hydrogens is 436 g/mol. The van der Waals surface area contributed by atoms with E-state index >= 15 is 0 Å². The van der Waals surface area contributed by atoms with E-state index in [2.05, 4.69) is 31.8 Å². The first kappa shape index (κ1) is 21.8. The SMILES string of the molecule is COc1cc2c(-c3cccc4sc(N)nc34)ncnc2cc1OCCCN1CCN(C)CC1. The number of hydrogen-bond acceptors (Lipinski definition) is 9. The molecule has 2 aromatic heterocycles. The number of fused-ring (bicyclic) bond motifs is 2. The van der Waals surface area contributed by atoms with E-state index in [4.69, 9.17) is 15.2 Å². The molecule has 0 aliphatic carbocycles. The molecule has 8 nitrogen and oxygen atoms in total. The molecule has 3 heterocycles. The summed E-state index contributed by atoms with van der Waals surface area (Å²) in [7, 11) is 3.83. The van der Waals surface area contributed by atoms with Crippen molar-refractivity contribution in [3.8, 4) is 22.8 Å². The van der Waals surface area contributed by atoms with Gasteiger partial charge in [0.25, 0.3) is 0 Å². The van der Waals surface area contributed by atoms with Gasteiger partial charge in [0.15, 0.2) is 16.6 Å². The van der Waals surface area contributed by atoms with Gasteiger partial charge in [-0.1, -0.05) is 23.5 Å². The molecule has 2 aromatic carbocycles. The van der Waals surface area contributed by atoms with Crippen LogP contribution in [0.5, 0.6) is 11.5 Å². The van der Waals surface area contributed by atoms with Crippen molar-refractivity contribution >= 4 is 37.6 Å². The summed E-state index contributed by atoms with van der Waals surface area (Å²) in [5.41, 5.74) is 9.34. The Bertz CT molecular complexity index is 1270. The van der Waals surface area contributed by atoms with E-state index in [1.807, 2.05) is 30.3 Å². The van der Waals surface area contributed by atoms with Crippen LogP contribution in [-0.4, -0.2) is 78.2 Å². The van der Waals surface area contributed by atoms with Crippen LogP contribution in [0.3, 0.4) is 0 Å². The van der Waals surface area contributed by atoms with E-state index in [1.165, 1.54) is 11.3 Å². The number of nitrogens with zero attached hydrogens (tertiary/aromatic N) is 5. The van der Waals surface area contributed by atoms with Crippen LogP contribution in [0.15, 0.2) is 36.7 Å². The fraction of sp³-hybridized carbons (Fsp3) is 0.375. The van der Waals surface area contributed by atoms with E-state index < -0.39 is 0 Å². The van der Waals surface area contributed by atoms with Gasteiger partial charge in [-0.3, -0.25) is 0 Å². The molecule has 4 aromatic rings. The zero-order valence-electron chi connectivity index (χ0n) is 19.0. The molecule has 1 saturated heterocycles. The van der Waals surface area contributed by atoms with E-state index in [9.17, 15) is 0 Å². The largest absolute Gasteiger partial charge is 0.493 e. The van der Waals surface area contributed by atoms with E-state index in [0.717, 1.165) is 71.5 Å². The highest BCUT2D eigenvalue weighted by Crippen LogP contribution is 2.38. The third-order valence-electron chi connectivity index (χ3n) is 6.08. The number of aromatic nitrogens is 3. The predicted molar refractivity (Wildman–Crippen MR) is 133 cm³/mol. The first-order valence-corrected chi connectivity index (χ1v) is 12.0. The monoisotopic (exact) mass is 464 g/mol. The first-order chi connectivity index (χ1) is 16.1. The van der Waals surface area contributed by atoms with Gasteiger partial charge in [0, 0.05) is 49.7 Å². The van der Waals surface area contributed by atoms with E-state index in [1.54, 1.807) is 13.4 Å². The highest BCUT2D eigenvalue weighted by Gasteiger charge is 2.17. The molecule has 0 bridgehead atoms. The Balaban J connectivity index is 1.38. The van der Waals surface area contributed by atoms with Crippen LogP contribution in [0.1, 0.15) is 6.42 Å². The van der Waals surface area contributed by atoms with Crippen LogP contribution in [0.25, 0.3) is 32.4 Å². The van der Waals surface area contributed by atoms with Crippen LogP contribution in [-0.2, 0) is 0 Å². The molecule has 0 amide bonds. The highest BCUT2D eigenvalue weighted by atomic mass is 32.1. The number of methoxy groups -OCH3 is 1. The summed E-state index contributed by atoms with van der Waals surface area (Å²) in [5, 5.41) is 1.43. The summed E-state index contributed by atoms with van der Waals surface area (Å²) in [5.74, 6) is 1.37. The molecule has 1 fully saturated rings. The Labute approximate surface area is 197 Å². The summed E-state index contributed by atoms with van der Waals surface area (Å²) in [6, 6.07) is 9.92. The Kier molecular flexibility index (Phi) is 6.26. The second-order valence-electron chi connectivity index (χ2n) is 8.29. The lowest BCUT2D eigenvalue weighted by Crippen LogP contribution is -2.44. The number of thiazole rings is 1. The van der Waals surface area contributed by atoms with Crippen molar-refractivity contribution in [2.24, 2.45) is 0 Å². The summed E-state index contributed by atoms with van der Waals surface area (Å²) in [6.07, 6.45) is 2.54. The lowest BCUT2D eigenvalue weighted by atomic mass is 10.0. The lowest BCUT2D eigenvalue weighted by molar-refractivity contribution is 0.145. The van der Waals surface area contributed by atoms with Crippen LogP contribution in [0.2, 0.25) is 0 Å². The molecule has 2 N–H and O–H groups in total. The topological polar surface area (TPSA) is 89.6 Å². The first-order valence-electron chi connectivity index (χ1n) is 11.1. The van der Waals surface area contributed by atoms with Gasteiger partial charge in [-0.2, -0.15) is 0 Å². The minimum Gasteiger partial charge on any atom is -0.493 e. The number of piperazine rings is 1. The number of hydrogen-bond donors (Lipinski definition) is 1. The van der Waals surface area contributed by atoms with Crippen molar-refractivity contribution in [3.63, 3.8) is 0 Å². The molecule has 1 aliphatic rings. The van der Waals surface area contributed by atoms with Crippen molar-refractivity contribution in [2.45, 2.75) is 6.42 Å². The second kappa shape index (κ2) is 9.46. The molecule has 0 spiro atoms. The van der Waals surface area contributed by atoms with Gasteiger partial charge in [-0.25, -0.2) is 15.0 Å². The smallest absolute Gasteiger partial charge is 0.181 e. The molecule has 33 heavy (non-hydrogen) atoms. The van der Waals surface area contributed by atoms with Crippen LogP contribution >= 0.6 is 11.3 Å². The Morgan fingerprint density at radius 3 is 2.76 bits per heavy atom. The summed E-state index contributed by atoms with van der Waals surface area (Å²) in [6.45, 7) is 6.16. The van der Waals surface area contributed by atoms with Gasteiger partial charge >= 0.3 is 0 Å². The Hall–Kier alpha value is -3.01. The van der Waals surface area contributed by atoms with Gasteiger partial charge in [0.1, 0.15) is 6.33 Å². The number of anilines is 1. The van der Waals surface area contributed by atoms with Crippen molar-refractivity contribution < 1.29 is 9.47 Å². The third kappa shape index (κ3) is 4.57. The lowest BCUT2D eigenvalue weighted by Gasteiger charge is -2.32. The van der Waals surface area contributed by atoms with Crippen molar-refractivity contribution in [3.05, 3.63) is 36.7 Å². The van der Waals surface area contributed by atoms with Gasteiger partial charge in [0.2, 0.25) is 0 Å². The Morgan fingerprint density at radius 1 is 1.09 bits per heavy atom. The molecular formula is C24H28N6O2S. The van der Waals surface area contributed by atoms with Crippen molar-refractivity contribution in [1.82, 2.24) is 24.8 Å². The fourth-order valence-corrected chi connectivity index (χ4v) is 5.01. The molecule has 1 aliphatic heterocycles. The molecule has 0 atom stereocenters. The number of benzene rings is 2. The predicted octanol–water partition coefficient (Wildman–Crippen LogP) is 3.51. The second-order valence-corrected chi connectivity index (χ2v) is 9.36. The maximum Gasteiger partial charge on any atom is 0.181 e. The standard InChI is InChI=1S/C24H28N6O2S/c1-29-8-10-30(11-9-29)7-4-12-32-20-14-18-17(13-19(20)31-2)22(27-15-26-18)16-5-3-6-21-23(16)28-24(25)33-21/h3,5-6,13-15H,4,7-12H2,1-2H3,(H2,25,28). The number of para-hydroxylation sites is 1. The minimum atomic E-state index is 0.542. The van der Waals surface area contributed by atoms with Crippen LogP contribution < -0.4 is 15.2 Å². The van der Waals surface area contributed by atoms with Crippen molar-refractivity contribution in [2.75, 3.05) is 59.2 Å². The number of likely N-dealkylation sites (N-methyl/N-ethyl adjacent to an activating group) is 1. The van der Waals surface area contributed by atoms with Gasteiger partial charge < -0.3 is 25.0 Å². The highest BCUT2D eigenvalue weighted by molar-refractivity contribution is 7.22. The molecule has 9 heteroatoms. The van der Waals surface area contributed by atoms with E-state index in [-0.39, 0.29) is 0 Å². The van der Waals surface area contributed by atoms with Gasteiger partial charge in [-0.15, -0.1) is 0 Å². The normalized spacial score (nSPS) is 15.3. The average Bonchev–Trinajstić information content (AvgIpc) is 3.22. The number of rotatable bonds is 7. The number of ether oxygens (including phenoxy) is 2. The van der Waals surface area contributed by atoms with Gasteiger partial charge in [-0.05, 0) is 25.6 Å². The zero-order valence-corrected chi connectivity index (χ0v) is 19.8. The number of nitrogen functional groups attached to an aromatic ring is 1. The quantitative estimate of drug-likeness (QED) is 0.416. The Morgan fingerprint density at radius 2 is 1.94 bits per heavy atom. The summed E-state index contributed by atoms with van der Waals surface area (Å²) < 4.78 is 12.8. The molecule has 0 unspecified atom stereocenters. The molecule has 0 radical (unpaired) electrons. The van der Waals surface area contributed by atoms with Crippen LogP contribution in [0.4, 0.5) is 5.13 Å². The van der Waals surface area contributed by atoms with Crippen LogP contribution in [0, 0.1) is 0 Å². The summed E-state index contributed by atoms with van der Waals surface area (Å²) in [4.78, 5) is 18.5. The fourth-order valence-electron chi connectivity index (χ4n) is 4.25. The van der Waals surface area contributed by atoms with Crippen molar-refractivity contribution in [1.29, 1.82) is 0 Å². The molecule has 172 valence electrons. The molecule has 5 rings (SSSR count). The number of nitrogens with two attached hydrogens (primary N) is 1. The average molecular weight is 465 g/mol. The van der Waals surface area contributed by atoms with Gasteiger partial charge in [0.05, 0.1) is 35.1 Å². The maximum absolute atomic E-state index is 6.12. The summed E-state index contributed by atoms with van der Waals surface area (Å²) >= 11 is 1.47. The van der Waals surface area contributed by atoms with E-state index in [0.29, 0.717) is 23.2 Å². The zero-order chi connectivity index (χ0) is 22.8. The molecule has 0 saturated carbocycles. The maximum atomic E-state index is 6.12. The minimum absolute atomic E-state index is 0.542. The third-order valence-corrected chi connectivity index (χ3v) is 6.93.